The van der Waals surface area contributed by atoms with Crippen molar-refractivity contribution in [1.82, 2.24) is 0 Å². The molecular weight excluding hydrogens is 331 g/mol. The molecule has 0 spiro atoms. The number of halogens is 1. The zero-order valence-electron chi connectivity index (χ0n) is 16.9. The Morgan fingerprint density at radius 2 is 1.74 bits per heavy atom. The highest BCUT2D eigenvalue weighted by Crippen LogP contribution is 2.38. The largest absolute Gasteiger partial charge is 0.206 e. The van der Waals surface area contributed by atoms with E-state index in [0.717, 1.165) is 29.9 Å². The number of rotatable bonds is 7. The lowest BCUT2D eigenvalue weighted by molar-refractivity contribution is 0.308. The Hall–Kier alpha value is -1.89. The van der Waals surface area contributed by atoms with Gasteiger partial charge in [-0.15, -0.1) is 0 Å². The van der Waals surface area contributed by atoms with Gasteiger partial charge in [0.15, 0.2) is 0 Å². The minimum absolute atomic E-state index is 0.0788. The number of benzene rings is 2. The van der Waals surface area contributed by atoms with Crippen molar-refractivity contribution in [1.29, 1.82) is 0 Å². The molecule has 1 aliphatic rings. The highest BCUT2D eigenvalue weighted by Gasteiger charge is 2.22. The zero-order valence-corrected chi connectivity index (χ0v) is 16.9. The van der Waals surface area contributed by atoms with Crippen molar-refractivity contribution in [3.05, 3.63) is 71.6 Å². The number of allylic oxidation sites excluding steroid dienone is 2. The third kappa shape index (κ3) is 5.31. The third-order valence-corrected chi connectivity index (χ3v) is 6.11. The number of hydrogen-bond donors (Lipinski definition) is 0. The van der Waals surface area contributed by atoms with Gasteiger partial charge in [0.1, 0.15) is 5.82 Å². The molecule has 1 heteroatoms. The molecule has 0 radical (unpaired) electrons. The first-order valence-corrected chi connectivity index (χ1v) is 10.7. The fourth-order valence-corrected chi connectivity index (χ4v) is 4.48. The molecule has 1 saturated carbocycles. The Bertz CT molecular complexity index is 733. The standard InChI is InChI=1S/C26H33F/c1-3-5-6-8-21-11-15-23(16-12-21)25-18-17-24(19-26(25)27)22-13-9-20(7-4-2)10-14-22/h3,5,11-12,15-20,22H,4,6-10,13-14H2,1-2H3/b5-3+. The van der Waals surface area contributed by atoms with Crippen LogP contribution in [0.4, 0.5) is 4.39 Å². The summed E-state index contributed by atoms with van der Waals surface area (Å²) >= 11 is 0. The van der Waals surface area contributed by atoms with Crippen LogP contribution in [-0.2, 0) is 6.42 Å². The molecule has 27 heavy (non-hydrogen) atoms. The van der Waals surface area contributed by atoms with E-state index in [0.29, 0.717) is 5.92 Å². The maximum absolute atomic E-state index is 14.8. The van der Waals surface area contributed by atoms with Gasteiger partial charge >= 0.3 is 0 Å². The second-order valence-corrected chi connectivity index (χ2v) is 8.05. The van der Waals surface area contributed by atoms with Crippen molar-refractivity contribution in [3.63, 3.8) is 0 Å². The van der Waals surface area contributed by atoms with Crippen molar-refractivity contribution in [2.75, 3.05) is 0 Å². The summed E-state index contributed by atoms with van der Waals surface area (Å²) in [5.41, 5.74) is 4.19. The molecule has 1 aliphatic carbocycles. The lowest BCUT2D eigenvalue weighted by Gasteiger charge is -2.28. The molecule has 0 aliphatic heterocycles. The van der Waals surface area contributed by atoms with Gasteiger partial charge in [0, 0.05) is 5.56 Å². The smallest absolute Gasteiger partial charge is 0.131 e. The van der Waals surface area contributed by atoms with E-state index in [4.69, 9.17) is 0 Å². The van der Waals surface area contributed by atoms with Crippen molar-refractivity contribution in [2.45, 2.75) is 71.1 Å². The molecule has 0 aromatic heterocycles. The molecule has 1 fully saturated rings. The summed E-state index contributed by atoms with van der Waals surface area (Å²) < 4.78 is 14.8. The lowest BCUT2D eigenvalue weighted by Crippen LogP contribution is -2.13. The molecule has 2 aromatic carbocycles. The van der Waals surface area contributed by atoms with Crippen LogP contribution >= 0.6 is 0 Å². The Balaban J connectivity index is 1.66. The maximum Gasteiger partial charge on any atom is 0.131 e. The monoisotopic (exact) mass is 364 g/mol. The van der Waals surface area contributed by atoms with Crippen LogP contribution in [0.2, 0.25) is 0 Å². The average molecular weight is 365 g/mol. The molecule has 0 unspecified atom stereocenters. The first kappa shape index (κ1) is 19.9. The van der Waals surface area contributed by atoms with Gasteiger partial charge in [0.25, 0.3) is 0 Å². The predicted octanol–water partition coefficient (Wildman–Crippen LogP) is 8.08. The quantitative estimate of drug-likeness (QED) is 0.436. The van der Waals surface area contributed by atoms with E-state index in [1.54, 1.807) is 6.07 Å². The fourth-order valence-electron chi connectivity index (χ4n) is 4.48. The number of aryl methyl sites for hydroxylation is 1. The minimum atomic E-state index is -0.0788. The van der Waals surface area contributed by atoms with E-state index in [1.165, 1.54) is 49.7 Å². The molecule has 0 atom stereocenters. The molecule has 0 bridgehead atoms. The molecule has 0 heterocycles. The second kappa shape index (κ2) is 9.88. The van der Waals surface area contributed by atoms with Crippen LogP contribution < -0.4 is 0 Å². The van der Waals surface area contributed by atoms with Gasteiger partial charge in [-0.05, 0) is 80.0 Å². The first-order valence-electron chi connectivity index (χ1n) is 10.7. The van der Waals surface area contributed by atoms with E-state index >= 15 is 0 Å². The molecule has 0 N–H and O–H groups in total. The van der Waals surface area contributed by atoms with Crippen LogP contribution in [-0.4, -0.2) is 0 Å². The molecule has 0 amide bonds. The lowest BCUT2D eigenvalue weighted by atomic mass is 9.77. The molecule has 3 rings (SSSR count). The highest BCUT2D eigenvalue weighted by molar-refractivity contribution is 5.65. The Labute approximate surface area is 164 Å². The number of hydrogen-bond acceptors (Lipinski definition) is 0. The summed E-state index contributed by atoms with van der Waals surface area (Å²) in [5, 5.41) is 0. The van der Waals surface area contributed by atoms with Gasteiger partial charge in [0.05, 0.1) is 0 Å². The van der Waals surface area contributed by atoms with Crippen LogP contribution in [0, 0.1) is 11.7 Å². The maximum atomic E-state index is 14.8. The van der Waals surface area contributed by atoms with E-state index < -0.39 is 0 Å². The SMILES string of the molecule is C/C=C/CCc1ccc(-c2ccc(C3CCC(CCC)CC3)cc2F)cc1. The van der Waals surface area contributed by atoms with Crippen LogP contribution in [0.3, 0.4) is 0 Å². The van der Waals surface area contributed by atoms with Gasteiger partial charge in [-0.2, -0.15) is 0 Å². The molecule has 0 nitrogen and oxygen atoms in total. The zero-order chi connectivity index (χ0) is 19.1. The Morgan fingerprint density at radius 1 is 1.00 bits per heavy atom. The van der Waals surface area contributed by atoms with Gasteiger partial charge in [-0.25, -0.2) is 4.39 Å². The fraction of sp³-hybridized carbons (Fsp3) is 0.462. The van der Waals surface area contributed by atoms with Crippen LogP contribution in [0.1, 0.15) is 75.8 Å². The third-order valence-electron chi connectivity index (χ3n) is 6.11. The van der Waals surface area contributed by atoms with E-state index in [2.05, 4.69) is 49.4 Å². The summed E-state index contributed by atoms with van der Waals surface area (Å²) in [7, 11) is 0. The minimum Gasteiger partial charge on any atom is -0.206 e. The first-order chi connectivity index (χ1) is 13.2. The summed E-state index contributed by atoms with van der Waals surface area (Å²) in [6.07, 6.45) is 14.0. The van der Waals surface area contributed by atoms with Gasteiger partial charge in [0.2, 0.25) is 0 Å². The van der Waals surface area contributed by atoms with Crippen molar-refractivity contribution in [2.24, 2.45) is 5.92 Å². The summed E-state index contributed by atoms with van der Waals surface area (Å²) in [5.74, 6) is 1.35. The molecular formula is C26H33F. The van der Waals surface area contributed by atoms with Crippen LogP contribution in [0.5, 0.6) is 0 Å². The van der Waals surface area contributed by atoms with Crippen molar-refractivity contribution < 1.29 is 4.39 Å². The van der Waals surface area contributed by atoms with Gasteiger partial charge in [-0.3, -0.25) is 0 Å². The van der Waals surface area contributed by atoms with Gasteiger partial charge < -0.3 is 0 Å². The predicted molar refractivity (Wildman–Crippen MR) is 115 cm³/mol. The summed E-state index contributed by atoms with van der Waals surface area (Å²) in [6.45, 7) is 4.32. The van der Waals surface area contributed by atoms with Crippen LogP contribution in [0.25, 0.3) is 11.1 Å². The highest BCUT2D eigenvalue weighted by atomic mass is 19.1. The van der Waals surface area contributed by atoms with Crippen molar-refractivity contribution >= 4 is 0 Å². The summed E-state index contributed by atoms with van der Waals surface area (Å²) in [4.78, 5) is 0. The second-order valence-electron chi connectivity index (χ2n) is 8.05. The van der Waals surface area contributed by atoms with Crippen molar-refractivity contribution in [3.8, 4) is 11.1 Å². The molecule has 0 saturated heterocycles. The van der Waals surface area contributed by atoms with E-state index in [-0.39, 0.29) is 5.82 Å². The average Bonchev–Trinajstić information content (AvgIpc) is 2.70. The molecule has 144 valence electrons. The molecule has 2 aromatic rings. The van der Waals surface area contributed by atoms with Crippen LogP contribution in [0.15, 0.2) is 54.6 Å². The Morgan fingerprint density at radius 3 is 2.37 bits per heavy atom. The normalized spacial score (nSPS) is 20.3. The topological polar surface area (TPSA) is 0 Å². The van der Waals surface area contributed by atoms with E-state index in [1.807, 2.05) is 13.0 Å². The van der Waals surface area contributed by atoms with E-state index in [9.17, 15) is 4.39 Å². The summed E-state index contributed by atoms with van der Waals surface area (Å²) in [6, 6.07) is 14.3. The Kier molecular flexibility index (Phi) is 7.26. The van der Waals surface area contributed by atoms with Gasteiger partial charge in [-0.1, -0.05) is 68.3 Å².